The molecule has 0 aliphatic rings. The summed E-state index contributed by atoms with van der Waals surface area (Å²) in [6.07, 6.45) is 0. The zero-order valence-electron chi connectivity index (χ0n) is 11.7. The van der Waals surface area contributed by atoms with Crippen LogP contribution in [0.4, 0.5) is 0 Å². The Bertz CT molecular complexity index is 558. The first kappa shape index (κ1) is 17.4. The van der Waals surface area contributed by atoms with Gasteiger partial charge in [-0.3, -0.25) is 0 Å². The van der Waals surface area contributed by atoms with Gasteiger partial charge in [0.05, 0.1) is 5.60 Å². The van der Waals surface area contributed by atoms with E-state index < -0.39 is 5.60 Å². The molecule has 1 atom stereocenters. The van der Waals surface area contributed by atoms with E-state index in [4.69, 9.17) is 5.73 Å². The maximum absolute atomic E-state index is 10.5. The predicted octanol–water partition coefficient (Wildman–Crippen LogP) is 3.00. The zero-order chi connectivity index (χ0) is 14.3. The average Bonchev–Trinajstić information content (AvgIpc) is 3.22. The Morgan fingerprint density at radius 1 is 0.952 bits per heavy atom. The van der Waals surface area contributed by atoms with Gasteiger partial charge in [-0.05, 0) is 5.56 Å². The summed E-state index contributed by atoms with van der Waals surface area (Å²) in [5.74, 6) is 0. The van der Waals surface area contributed by atoms with Crippen LogP contribution in [0.3, 0.4) is 0 Å². The predicted molar refractivity (Wildman–Crippen MR) is 82.6 cm³/mol. The molecular formula is C18H19FeNO. The largest absolute Gasteiger partial charge is 2.00 e. The minimum absolute atomic E-state index is 0. The third kappa shape index (κ3) is 4.42. The summed E-state index contributed by atoms with van der Waals surface area (Å²) in [5.41, 5.74) is 6.29. The monoisotopic (exact) mass is 321 g/mol. The fraction of sp³-hybridized carbons (Fsp3) is 0.111. The average molecular weight is 321 g/mol. The van der Waals surface area contributed by atoms with Crippen molar-refractivity contribution in [2.75, 3.05) is 6.54 Å². The molecule has 0 saturated heterocycles. The summed E-state index contributed by atoms with van der Waals surface area (Å²) in [5, 5.41) is 10.5. The van der Waals surface area contributed by atoms with Gasteiger partial charge in [0, 0.05) is 6.54 Å². The Labute approximate surface area is 136 Å². The normalized spacial score (nSPS) is 12.5. The van der Waals surface area contributed by atoms with E-state index in [0.29, 0.717) is 0 Å². The number of aliphatic hydroxyl groups is 1. The van der Waals surface area contributed by atoms with Crippen LogP contribution in [0.2, 0.25) is 0 Å². The molecule has 0 spiro atoms. The minimum Gasteiger partial charge on any atom is -0.392 e. The first-order valence-corrected chi connectivity index (χ1v) is 6.64. The van der Waals surface area contributed by atoms with E-state index in [1.54, 1.807) is 0 Å². The van der Waals surface area contributed by atoms with Gasteiger partial charge in [-0.1, -0.05) is 30.3 Å². The van der Waals surface area contributed by atoms with Crippen LogP contribution >= 0.6 is 0 Å². The first-order valence-electron chi connectivity index (χ1n) is 6.64. The molecule has 0 bridgehead atoms. The Kier molecular flexibility index (Phi) is 7.13. The van der Waals surface area contributed by atoms with Crippen LogP contribution in [0.15, 0.2) is 84.9 Å². The van der Waals surface area contributed by atoms with Crippen LogP contribution < -0.4 is 5.73 Å². The third-order valence-electron chi connectivity index (χ3n) is 3.24. The molecule has 0 amide bonds. The molecule has 0 aliphatic heterocycles. The van der Waals surface area contributed by atoms with E-state index in [-0.39, 0.29) is 23.6 Å². The fourth-order valence-electron chi connectivity index (χ4n) is 2.09. The van der Waals surface area contributed by atoms with Crippen LogP contribution in [0.1, 0.15) is 11.1 Å². The van der Waals surface area contributed by atoms with Crippen LogP contribution in [0, 0.1) is 0 Å². The number of nitrogens with two attached hydrogens (primary N) is 1. The van der Waals surface area contributed by atoms with E-state index in [1.165, 1.54) is 0 Å². The van der Waals surface area contributed by atoms with E-state index in [2.05, 4.69) is 0 Å². The molecule has 0 fully saturated rings. The van der Waals surface area contributed by atoms with Crippen molar-refractivity contribution in [3.63, 3.8) is 0 Å². The molecule has 3 aromatic rings. The second kappa shape index (κ2) is 8.60. The van der Waals surface area contributed by atoms with Gasteiger partial charge >= 0.3 is 17.1 Å². The molecule has 2 nitrogen and oxygen atoms in total. The Morgan fingerprint density at radius 3 is 1.95 bits per heavy atom. The van der Waals surface area contributed by atoms with Crippen LogP contribution in [0.25, 0.3) is 0 Å². The SMILES string of the molecule is NCC(O)(c1ccccc1)[c-]1cccc1.[Fe+2].c1cc[cH-]c1. The first-order chi connectivity index (χ1) is 9.77. The number of rotatable bonds is 3. The van der Waals surface area contributed by atoms with Crippen molar-refractivity contribution in [2.24, 2.45) is 5.73 Å². The van der Waals surface area contributed by atoms with Gasteiger partial charge in [-0.2, -0.15) is 30.3 Å². The van der Waals surface area contributed by atoms with Gasteiger partial charge in [0.1, 0.15) is 0 Å². The smallest absolute Gasteiger partial charge is 0.392 e. The quantitative estimate of drug-likeness (QED) is 0.575. The number of hydrogen-bond acceptors (Lipinski definition) is 2. The van der Waals surface area contributed by atoms with Crippen LogP contribution in [-0.2, 0) is 22.7 Å². The second-order valence-corrected chi connectivity index (χ2v) is 4.57. The molecule has 0 aliphatic carbocycles. The van der Waals surface area contributed by atoms with E-state index in [1.807, 2.05) is 84.9 Å². The molecule has 0 aromatic heterocycles. The maximum Gasteiger partial charge on any atom is 2.00 e. The van der Waals surface area contributed by atoms with Crippen molar-refractivity contribution in [3.8, 4) is 0 Å². The van der Waals surface area contributed by atoms with Crippen molar-refractivity contribution < 1.29 is 22.2 Å². The van der Waals surface area contributed by atoms with Gasteiger partial charge < -0.3 is 10.8 Å². The molecule has 3 rings (SSSR count). The van der Waals surface area contributed by atoms with Crippen molar-refractivity contribution >= 4 is 0 Å². The fourth-order valence-corrected chi connectivity index (χ4v) is 2.09. The van der Waals surface area contributed by atoms with Crippen molar-refractivity contribution in [1.29, 1.82) is 0 Å². The van der Waals surface area contributed by atoms with Gasteiger partial charge in [-0.15, -0.1) is 5.56 Å². The topological polar surface area (TPSA) is 46.2 Å². The molecule has 1 unspecified atom stereocenters. The Morgan fingerprint density at radius 2 is 1.52 bits per heavy atom. The summed E-state index contributed by atoms with van der Waals surface area (Å²) >= 11 is 0. The van der Waals surface area contributed by atoms with Crippen molar-refractivity contribution in [3.05, 3.63) is 96.1 Å². The second-order valence-electron chi connectivity index (χ2n) is 4.57. The van der Waals surface area contributed by atoms with Gasteiger partial charge in [0.25, 0.3) is 0 Å². The number of hydrogen-bond donors (Lipinski definition) is 2. The summed E-state index contributed by atoms with van der Waals surface area (Å²) in [4.78, 5) is 0. The van der Waals surface area contributed by atoms with Gasteiger partial charge in [0.2, 0.25) is 0 Å². The summed E-state index contributed by atoms with van der Waals surface area (Å²) < 4.78 is 0. The molecule has 0 saturated carbocycles. The zero-order valence-corrected chi connectivity index (χ0v) is 12.8. The van der Waals surface area contributed by atoms with E-state index in [9.17, 15) is 5.11 Å². The van der Waals surface area contributed by atoms with Crippen LogP contribution in [0.5, 0.6) is 0 Å². The Balaban J connectivity index is 0.000000313. The standard InChI is InChI=1S/C13H14NO.C5H5.Fe/c14-10-13(15,12-8-4-5-9-12)11-6-2-1-3-7-11;1-2-4-5-3-1;/h1-9,15H,10,14H2;1-5H;/q2*-1;+2. The van der Waals surface area contributed by atoms with Crippen molar-refractivity contribution in [1.82, 2.24) is 0 Å². The molecular weight excluding hydrogens is 302 g/mol. The molecule has 3 N–H and O–H groups in total. The third-order valence-corrected chi connectivity index (χ3v) is 3.24. The molecule has 21 heavy (non-hydrogen) atoms. The Hall–Kier alpha value is -1.64. The van der Waals surface area contributed by atoms with E-state index >= 15 is 0 Å². The van der Waals surface area contributed by atoms with Gasteiger partial charge in [0.15, 0.2) is 0 Å². The number of benzene rings is 1. The van der Waals surface area contributed by atoms with Crippen molar-refractivity contribution in [2.45, 2.75) is 5.60 Å². The maximum atomic E-state index is 10.5. The summed E-state index contributed by atoms with van der Waals surface area (Å²) in [6, 6.07) is 27.1. The molecule has 0 heterocycles. The molecule has 3 aromatic carbocycles. The van der Waals surface area contributed by atoms with E-state index in [0.717, 1.165) is 11.1 Å². The molecule has 3 heteroatoms. The summed E-state index contributed by atoms with van der Waals surface area (Å²) in [7, 11) is 0. The minimum atomic E-state index is -1.06. The molecule has 0 radical (unpaired) electrons. The van der Waals surface area contributed by atoms with Crippen LogP contribution in [-0.4, -0.2) is 11.7 Å². The summed E-state index contributed by atoms with van der Waals surface area (Å²) in [6.45, 7) is 0.182. The molecule has 110 valence electrons. The van der Waals surface area contributed by atoms with Gasteiger partial charge in [-0.25, -0.2) is 24.3 Å².